The maximum Gasteiger partial charge on any atom is 0.241 e. The van der Waals surface area contributed by atoms with E-state index in [4.69, 9.17) is 16.3 Å². The molecule has 172 valence electrons. The van der Waals surface area contributed by atoms with Gasteiger partial charge in [-0.1, -0.05) is 29.8 Å². The monoisotopic (exact) mass is 458 g/mol. The van der Waals surface area contributed by atoms with E-state index in [2.05, 4.69) is 4.90 Å². The summed E-state index contributed by atoms with van der Waals surface area (Å²) >= 11 is 6.54. The topological polar surface area (TPSA) is 66.9 Å². The van der Waals surface area contributed by atoms with Gasteiger partial charge in [-0.15, -0.1) is 0 Å². The minimum absolute atomic E-state index is 0.0106. The van der Waals surface area contributed by atoms with Crippen LogP contribution in [0.2, 0.25) is 5.02 Å². The SMILES string of the molecule is COCCN1C(=O)CC(CC(=O)N2CC3CC4CC(C3)CC2C4)(c2ccccc2Cl)C1=O. The molecule has 3 atom stereocenters. The predicted octanol–water partition coefficient (Wildman–Crippen LogP) is 3.41. The third-order valence-electron chi connectivity index (χ3n) is 8.20. The Bertz CT molecular complexity index is 922. The molecule has 2 saturated carbocycles. The maximum atomic E-state index is 13.8. The van der Waals surface area contributed by atoms with Crippen LogP contribution in [0.25, 0.3) is 0 Å². The smallest absolute Gasteiger partial charge is 0.241 e. The zero-order valence-corrected chi connectivity index (χ0v) is 19.4. The molecule has 0 aromatic heterocycles. The molecule has 0 radical (unpaired) electrons. The molecule has 5 fully saturated rings. The third-order valence-corrected chi connectivity index (χ3v) is 8.53. The normalized spacial score (nSPS) is 33.8. The van der Waals surface area contributed by atoms with E-state index in [1.54, 1.807) is 18.2 Å². The van der Waals surface area contributed by atoms with Crippen molar-refractivity contribution in [1.82, 2.24) is 9.80 Å². The molecule has 1 aromatic rings. The van der Waals surface area contributed by atoms with E-state index >= 15 is 0 Å². The summed E-state index contributed by atoms with van der Waals surface area (Å²) in [5, 5.41) is 0.422. The number of likely N-dealkylation sites (tertiary alicyclic amines) is 1. The number of benzene rings is 1. The summed E-state index contributed by atoms with van der Waals surface area (Å²) < 4.78 is 5.10. The van der Waals surface area contributed by atoms with E-state index in [0.29, 0.717) is 16.5 Å². The quantitative estimate of drug-likeness (QED) is 0.613. The molecule has 3 aliphatic heterocycles. The maximum absolute atomic E-state index is 13.8. The van der Waals surface area contributed by atoms with Crippen LogP contribution in [0.15, 0.2) is 24.3 Å². The first kappa shape index (κ1) is 21.9. The summed E-state index contributed by atoms with van der Waals surface area (Å²) in [5.74, 6) is 1.40. The van der Waals surface area contributed by atoms with E-state index in [1.165, 1.54) is 31.3 Å². The Balaban J connectivity index is 1.47. The fraction of sp³-hybridized carbons (Fsp3) is 0.640. The molecule has 2 aliphatic carbocycles. The standard InChI is InChI=1S/C25H31ClN2O4/c1-32-7-6-27-22(29)13-25(24(27)31,20-4-2-3-5-21(20)26)14-23(30)28-15-18-9-16-8-17(10-18)12-19(28)11-16/h2-5,16-19H,6-15H2,1H3. The van der Waals surface area contributed by atoms with Gasteiger partial charge in [-0.05, 0) is 61.5 Å². The van der Waals surface area contributed by atoms with Crippen molar-refractivity contribution in [2.24, 2.45) is 17.8 Å². The number of ether oxygens (including phenoxy) is 1. The predicted molar refractivity (Wildman–Crippen MR) is 120 cm³/mol. The van der Waals surface area contributed by atoms with Gasteiger partial charge in [0, 0.05) is 37.6 Å². The number of fused-ring (bicyclic) bond motifs is 1. The second kappa shape index (κ2) is 8.45. The van der Waals surface area contributed by atoms with E-state index in [1.807, 2.05) is 6.07 Å². The molecule has 0 spiro atoms. The van der Waals surface area contributed by atoms with Gasteiger partial charge in [0.2, 0.25) is 17.7 Å². The lowest BCUT2D eigenvalue weighted by molar-refractivity contribution is -0.144. The summed E-state index contributed by atoms with van der Waals surface area (Å²) in [6.45, 7) is 1.24. The summed E-state index contributed by atoms with van der Waals surface area (Å²) in [6.07, 6.45) is 5.85. The lowest BCUT2D eigenvalue weighted by Gasteiger charge is -2.39. The average molecular weight is 459 g/mol. The molecule has 1 aromatic carbocycles. The number of nitrogens with zero attached hydrogens (tertiary/aromatic N) is 2. The minimum atomic E-state index is -1.25. The van der Waals surface area contributed by atoms with Crippen LogP contribution in [-0.2, 0) is 24.5 Å². The van der Waals surface area contributed by atoms with Crippen LogP contribution < -0.4 is 0 Å². The third kappa shape index (κ3) is 3.65. The molecule has 3 saturated heterocycles. The summed E-state index contributed by atoms with van der Waals surface area (Å²) in [7, 11) is 1.54. The van der Waals surface area contributed by atoms with E-state index in [9.17, 15) is 14.4 Å². The number of hydrogen-bond acceptors (Lipinski definition) is 4. The number of amides is 3. The lowest BCUT2D eigenvalue weighted by Crippen LogP contribution is -2.47. The molecule has 3 unspecified atom stereocenters. The highest BCUT2D eigenvalue weighted by Crippen LogP contribution is 2.49. The first-order valence-electron chi connectivity index (χ1n) is 11.8. The number of imide groups is 1. The van der Waals surface area contributed by atoms with Crippen LogP contribution in [0.4, 0.5) is 0 Å². The van der Waals surface area contributed by atoms with Crippen LogP contribution in [0.3, 0.4) is 0 Å². The molecule has 6 rings (SSSR count). The van der Waals surface area contributed by atoms with Crippen molar-refractivity contribution in [2.45, 2.75) is 56.4 Å². The van der Waals surface area contributed by atoms with Gasteiger partial charge < -0.3 is 9.64 Å². The number of carbonyl (C=O) groups excluding carboxylic acids is 3. The highest BCUT2D eigenvalue weighted by Gasteiger charge is 2.55. The Hall–Kier alpha value is -1.92. The van der Waals surface area contributed by atoms with Crippen molar-refractivity contribution in [2.75, 3.05) is 26.8 Å². The van der Waals surface area contributed by atoms with Crippen molar-refractivity contribution in [3.63, 3.8) is 0 Å². The lowest BCUT2D eigenvalue weighted by atomic mass is 9.68. The summed E-state index contributed by atoms with van der Waals surface area (Å²) in [6, 6.07) is 7.39. The van der Waals surface area contributed by atoms with Gasteiger partial charge in [0.1, 0.15) is 0 Å². The van der Waals surface area contributed by atoms with E-state index in [-0.39, 0.29) is 49.8 Å². The number of halogens is 1. The number of hydrogen-bond donors (Lipinski definition) is 0. The molecular weight excluding hydrogens is 428 g/mol. The molecule has 5 aliphatic rings. The van der Waals surface area contributed by atoms with Crippen molar-refractivity contribution < 1.29 is 19.1 Å². The van der Waals surface area contributed by atoms with Gasteiger partial charge in [0.05, 0.1) is 18.6 Å². The second-order valence-electron chi connectivity index (χ2n) is 10.2. The van der Waals surface area contributed by atoms with Gasteiger partial charge in [-0.25, -0.2) is 0 Å². The van der Waals surface area contributed by atoms with Gasteiger partial charge in [-0.3, -0.25) is 19.3 Å². The van der Waals surface area contributed by atoms with E-state index in [0.717, 1.165) is 31.2 Å². The molecular formula is C25H31ClN2O4. The van der Waals surface area contributed by atoms with Crippen LogP contribution in [0, 0.1) is 17.8 Å². The summed E-state index contributed by atoms with van der Waals surface area (Å²) in [5.41, 5.74) is -0.669. The number of carbonyl (C=O) groups is 3. The summed E-state index contributed by atoms with van der Waals surface area (Å²) in [4.78, 5) is 43.7. The molecule has 7 heteroatoms. The fourth-order valence-electron chi connectivity index (χ4n) is 6.95. The van der Waals surface area contributed by atoms with Gasteiger partial charge in [-0.2, -0.15) is 0 Å². The van der Waals surface area contributed by atoms with Crippen LogP contribution >= 0.6 is 11.6 Å². The molecule has 6 nitrogen and oxygen atoms in total. The van der Waals surface area contributed by atoms with Crippen molar-refractivity contribution in [1.29, 1.82) is 0 Å². The minimum Gasteiger partial charge on any atom is -0.383 e. The average Bonchev–Trinajstić information content (AvgIpc) is 2.85. The Morgan fingerprint density at radius 3 is 2.47 bits per heavy atom. The highest BCUT2D eigenvalue weighted by atomic mass is 35.5. The first-order chi connectivity index (χ1) is 15.4. The molecule has 32 heavy (non-hydrogen) atoms. The van der Waals surface area contributed by atoms with Crippen molar-refractivity contribution in [3.05, 3.63) is 34.9 Å². The zero-order chi connectivity index (χ0) is 22.5. The second-order valence-corrected chi connectivity index (χ2v) is 10.6. The van der Waals surface area contributed by atoms with Crippen LogP contribution in [0.1, 0.15) is 50.5 Å². The van der Waals surface area contributed by atoms with Crippen molar-refractivity contribution >= 4 is 29.3 Å². The first-order valence-corrected chi connectivity index (χ1v) is 12.2. The number of rotatable bonds is 6. The van der Waals surface area contributed by atoms with Gasteiger partial charge in [0.25, 0.3) is 0 Å². The molecule has 3 heterocycles. The Morgan fingerprint density at radius 1 is 1.09 bits per heavy atom. The highest BCUT2D eigenvalue weighted by molar-refractivity contribution is 6.32. The Morgan fingerprint density at radius 2 is 1.78 bits per heavy atom. The fourth-order valence-corrected chi connectivity index (χ4v) is 7.27. The molecule has 0 N–H and O–H groups in total. The van der Waals surface area contributed by atoms with Crippen LogP contribution in [-0.4, -0.2) is 60.4 Å². The largest absolute Gasteiger partial charge is 0.383 e. The van der Waals surface area contributed by atoms with Crippen LogP contribution in [0.5, 0.6) is 0 Å². The Labute approximate surface area is 194 Å². The zero-order valence-electron chi connectivity index (χ0n) is 18.6. The number of methoxy groups -OCH3 is 1. The van der Waals surface area contributed by atoms with E-state index < -0.39 is 5.41 Å². The van der Waals surface area contributed by atoms with Gasteiger partial charge >= 0.3 is 0 Å². The van der Waals surface area contributed by atoms with Crippen molar-refractivity contribution in [3.8, 4) is 0 Å². The Kier molecular flexibility index (Phi) is 5.79. The molecule has 4 bridgehead atoms. The van der Waals surface area contributed by atoms with Gasteiger partial charge in [0.15, 0.2) is 0 Å². The molecule has 3 amide bonds.